The maximum atomic E-state index is 9.48. The Balaban J connectivity index is 1.50. The predicted molar refractivity (Wildman–Crippen MR) is 163 cm³/mol. The second kappa shape index (κ2) is 13.6. The molecule has 2 unspecified atom stereocenters. The Bertz CT molecular complexity index is 1230. The average molecular weight is 590 g/mol. The van der Waals surface area contributed by atoms with Crippen molar-refractivity contribution in [1.29, 1.82) is 0 Å². The minimum absolute atomic E-state index is 0.237. The van der Waals surface area contributed by atoms with E-state index in [9.17, 15) is 5.11 Å². The molecule has 3 aromatic rings. The van der Waals surface area contributed by atoms with Crippen molar-refractivity contribution in [3.8, 4) is 34.5 Å². The third-order valence-electron chi connectivity index (χ3n) is 6.21. The summed E-state index contributed by atoms with van der Waals surface area (Å²) >= 11 is 5.51. The normalized spacial score (nSPS) is 16.6. The van der Waals surface area contributed by atoms with Gasteiger partial charge in [-0.3, -0.25) is 0 Å². The van der Waals surface area contributed by atoms with Crippen LogP contribution in [0, 0.1) is 0 Å². The number of ether oxygens (including phenoxy) is 5. The van der Waals surface area contributed by atoms with E-state index < -0.39 is 0 Å². The second-order valence-electron chi connectivity index (χ2n) is 8.91. The van der Waals surface area contributed by atoms with Gasteiger partial charge in [-0.05, 0) is 59.7 Å². The van der Waals surface area contributed by atoms with Crippen molar-refractivity contribution in [1.82, 2.24) is 0 Å². The molecule has 0 saturated carbocycles. The summed E-state index contributed by atoms with van der Waals surface area (Å²) in [7, 11) is 10.6. The number of rotatable bonds is 12. The van der Waals surface area contributed by atoms with Gasteiger partial charge in [0, 0.05) is 35.7 Å². The highest BCUT2D eigenvalue weighted by Crippen LogP contribution is 2.58. The number of phenolic OH excluding ortho intramolecular Hbond substituents is 1. The molecule has 0 spiro atoms. The Morgan fingerprint density at radius 1 is 0.846 bits per heavy atom. The van der Waals surface area contributed by atoms with Crippen LogP contribution in [0.2, 0.25) is 0 Å². The molecule has 0 bridgehead atoms. The Kier molecular flexibility index (Phi) is 10.2. The fourth-order valence-corrected chi connectivity index (χ4v) is 8.25. The Morgan fingerprint density at radius 2 is 1.46 bits per heavy atom. The van der Waals surface area contributed by atoms with Gasteiger partial charge in [0.1, 0.15) is 5.75 Å². The van der Waals surface area contributed by atoms with E-state index in [1.165, 1.54) is 5.56 Å². The van der Waals surface area contributed by atoms with E-state index in [1.54, 1.807) is 52.3 Å². The summed E-state index contributed by atoms with van der Waals surface area (Å²) in [6.45, 7) is 0.526. The smallest absolute Gasteiger partial charge is 0.203 e. The highest BCUT2D eigenvalue weighted by molar-refractivity contribution is 8.19. The number of nitrogens with zero attached hydrogens (tertiary/aromatic N) is 1. The van der Waals surface area contributed by atoms with Gasteiger partial charge in [-0.25, -0.2) is 0 Å². The number of benzene rings is 3. The predicted octanol–water partition coefficient (Wildman–Crippen LogP) is 6.88. The Hall–Kier alpha value is -2.69. The zero-order valence-electron chi connectivity index (χ0n) is 23.1. The monoisotopic (exact) mass is 589 g/mol. The lowest BCUT2D eigenvalue weighted by molar-refractivity contribution is 0.314. The van der Waals surface area contributed by atoms with E-state index in [1.807, 2.05) is 61.9 Å². The van der Waals surface area contributed by atoms with Crippen molar-refractivity contribution in [2.24, 2.45) is 0 Å². The number of hydrogen-bond donors (Lipinski definition) is 1. The molecule has 1 heterocycles. The minimum Gasteiger partial charge on any atom is -0.508 e. The van der Waals surface area contributed by atoms with Gasteiger partial charge in [0.05, 0.1) is 45.3 Å². The standard InChI is InChI=1S/C29H35NO6S3/c1-30(2)22-13-19(16-23(32-3)27(22)36-11-12-37-21-9-7-20(31)8-10-21)29-38-17-26(39-29)18-14-24(33-4)28(35-6)25(15-18)34-5/h7-10,13-16,26,29,31H,11-12,17H2,1-6H3. The first-order valence-electron chi connectivity index (χ1n) is 12.4. The number of aromatic hydroxyl groups is 1. The Labute approximate surface area is 243 Å². The molecular formula is C29H35NO6S3. The van der Waals surface area contributed by atoms with Crippen LogP contribution < -0.4 is 28.6 Å². The summed E-state index contributed by atoms with van der Waals surface area (Å²) in [5, 5.41) is 9.76. The van der Waals surface area contributed by atoms with Crippen molar-refractivity contribution in [2.75, 3.05) is 65.5 Å². The topological polar surface area (TPSA) is 69.6 Å². The molecule has 2 atom stereocenters. The number of phenols is 1. The molecule has 7 nitrogen and oxygen atoms in total. The first-order valence-corrected chi connectivity index (χ1v) is 15.4. The molecule has 4 rings (SSSR count). The van der Waals surface area contributed by atoms with E-state index in [-0.39, 0.29) is 15.6 Å². The highest BCUT2D eigenvalue weighted by Gasteiger charge is 2.31. The fourth-order valence-electron chi connectivity index (χ4n) is 4.26. The van der Waals surface area contributed by atoms with Crippen LogP contribution in [0.5, 0.6) is 34.5 Å². The van der Waals surface area contributed by atoms with Crippen molar-refractivity contribution in [3.63, 3.8) is 0 Å². The zero-order chi connectivity index (χ0) is 27.9. The van der Waals surface area contributed by atoms with Gasteiger partial charge in [0.15, 0.2) is 23.0 Å². The van der Waals surface area contributed by atoms with E-state index in [0.29, 0.717) is 23.9 Å². The number of thioether (sulfide) groups is 3. The molecule has 0 radical (unpaired) electrons. The molecule has 1 saturated heterocycles. The third kappa shape index (κ3) is 6.91. The maximum absolute atomic E-state index is 9.48. The quantitative estimate of drug-likeness (QED) is 0.179. The summed E-state index contributed by atoms with van der Waals surface area (Å²) in [5.74, 6) is 5.41. The van der Waals surface area contributed by atoms with Gasteiger partial charge >= 0.3 is 0 Å². The summed E-state index contributed by atoms with van der Waals surface area (Å²) < 4.78 is 29.0. The number of methoxy groups -OCH3 is 4. The Morgan fingerprint density at radius 3 is 2.05 bits per heavy atom. The van der Waals surface area contributed by atoms with Crippen LogP contribution in [0.3, 0.4) is 0 Å². The SMILES string of the molecule is COc1cc(C2CSC(c3cc(OC)c(OCCSc4ccc(O)cc4)c(N(C)C)c3)S2)cc(OC)c1OC. The van der Waals surface area contributed by atoms with Gasteiger partial charge < -0.3 is 33.7 Å². The van der Waals surface area contributed by atoms with Crippen molar-refractivity contribution in [2.45, 2.75) is 14.7 Å². The third-order valence-corrected chi connectivity index (χ3v) is 10.5. The zero-order valence-corrected chi connectivity index (χ0v) is 25.5. The highest BCUT2D eigenvalue weighted by atomic mass is 32.2. The molecular weight excluding hydrogens is 555 g/mol. The van der Waals surface area contributed by atoms with Gasteiger partial charge in [0.25, 0.3) is 0 Å². The van der Waals surface area contributed by atoms with Gasteiger partial charge in [-0.2, -0.15) is 0 Å². The average Bonchev–Trinajstić information content (AvgIpc) is 3.45. The van der Waals surface area contributed by atoms with Crippen molar-refractivity contribution >= 4 is 41.0 Å². The molecule has 1 N–H and O–H groups in total. The van der Waals surface area contributed by atoms with Gasteiger partial charge in [-0.15, -0.1) is 35.3 Å². The molecule has 210 valence electrons. The van der Waals surface area contributed by atoms with Gasteiger partial charge in [0.2, 0.25) is 5.75 Å². The molecule has 1 aliphatic rings. The summed E-state index contributed by atoms with van der Waals surface area (Å²) in [6, 6.07) is 15.6. The van der Waals surface area contributed by atoms with E-state index in [0.717, 1.165) is 39.2 Å². The van der Waals surface area contributed by atoms with Crippen LogP contribution in [0.1, 0.15) is 21.0 Å². The second-order valence-corrected chi connectivity index (χ2v) is 12.8. The number of anilines is 1. The summed E-state index contributed by atoms with van der Waals surface area (Å²) in [4.78, 5) is 3.15. The molecule has 3 aromatic carbocycles. The molecule has 1 aliphatic heterocycles. The first kappa shape index (κ1) is 29.3. The number of hydrogen-bond acceptors (Lipinski definition) is 10. The van der Waals surface area contributed by atoms with Crippen LogP contribution in [0.15, 0.2) is 53.4 Å². The molecule has 0 amide bonds. The summed E-state index contributed by atoms with van der Waals surface area (Å²) in [5.41, 5.74) is 3.32. The molecule has 0 aliphatic carbocycles. The fraction of sp³-hybridized carbons (Fsp3) is 0.379. The maximum Gasteiger partial charge on any atom is 0.203 e. The van der Waals surface area contributed by atoms with E-state index in [2.05, 4.69) is 17.0 Å². The molecule has 0 aromatic heterocycles. The van der Waals surface area contributed by atoms with Crippen molar-refractivity contribution < 1.29 is 28.8 Å². The van der Waals surface area contributed by atoms with Crippen LogP contribution in [-0.4, -0.2) is 65.8 Å². The molecule has 39 heavy (non-hydrogen) atoms. The first-order chi connectivity index (χ1) is 18.9. The van der Waals surface area contributed by atoms with Crippen molar-refractivity contribution in [3.05, 3.63) is 59.7 Å². The lowest BCUT2D eigenvalue weighted by atomic mass is 10.1. The van der Waals surface area contributed by atoms with E-state index >= 15 is 0 Å². The van der Waals surface area contributed by atoms with Crippen LogP contribution in [-0.2, 0) is 0 Å². The lowest BCUT2D eigenvalue weighted by Gasteiger charge is -2.23. The van der Waals surface area contributed by atoms with Gasteiger partial charge in [-0.1, -0.05) is 0 Å². The minimum atomic E-state index is 0.237. The van der Waals surface area contributed by atoms with E-state index in [4.69, 9.17) is 23.7 Å². The molecule has 10 heteroatoms. The van der Waals surface area contributed by atoms with Crippen LogP contribution in [0.25, 0.3) is 0 Å². The lowest BCUT2D eigenvalue weighted by Crippen LogP contribution is -2.13. The summed E-state index contributed by atoms with van der Waals surface area (Å²) in [6.07, 6.45) is 0. The largest absolute Gasteiger partial charge is 0.508 e. The van der Waals surface area contributed by atoms with Crippen LogP contribution in [0.4, 0.5) is 5.69 Å². The van der Waals surface area contributed by atoms with Crippen LogP contribution >= 0.6 is 35.3 Å². The molecule has 1 fully saturated rings.